The lowest BCUT2D eigenvalue weighted by atomic mass is 9.81. The maximum atomic E-state index is 12.9. The Morgan fingerprint density at radius 2 is 2.00 bits per heavy atom. The van der Waals surface area contributed by atoms with E-state index in [9.17, 15) is 9.90 Å². The number of ketones is 1. The normalized spacial score (nSPS) is 27.8. The van der Waals surface area contributed by atoms with E-state index in [0.29, 0.717) is 22.8 Å². The summed E-state index contributed by atoms with van der Waals surface area (Å²) in [5, 5.41) is 11.4. The average molecular weight is 357 g/mol. The Bertz CT molecular complexity index is 787. The predicted molar refractivity (Wildman–Crippen MR) is 103 cm³/mol. The highest BCUT2D eigenvalue weighted by Crippen LogP contribution is 2.45. The summed E-state index contributed by atoms with van der Waals surface area (Å²) in [5.74, 6) is 0.686. The van der Waals surface area contributed by atoms with Crippen molar-refractivity contribution in [3.05, 3.63) is 69.0 Å². The molecule has 0 spiro atoms. The smallest absolute Gasteiger partial charge is 0.169 e. The molecule has 25 heavy (non-hydrogen) atoms. The summed E-state index contributed by atoms with van der Waals surface area (Å²) in [4.78, 5) is 12.9. The van der Waals surface area contributed by atoms with Crippen LogP contribution in [-0.2, 0) is 4.79 Å². The molecule has 2 atom stereocenters. The Kier molecular flexibility index (Phi) is 5.19. The summed E-state index contributed by atoms with van der Waals surface area (Å²) in [5.41, 5.74) is 4.75. The van der Waals surface area contributed by atoms with Crippen molar-refractivity contribution in [3.63, 3.8) is 0 Å². The molecule has 3 heteroatoms. The Labute approximate surface area is 155 Å². The minimum absolute atomic E-state index is 0.0888. The molecule has 2 bridgehead atoms. The van der Waals surface area contributed by atoms with Crippen LogP contribution < -0.4 is 0 Å². The van der Waals surface area contributed by atoms with Crippen LogP contribution in [0.4, 0.5) is 0 Å². The Balaban J connectivity index is 2.05. The lowest BCUT2D eigenvalue weighted by molar-refractivity contribution is -0.119. The number of hydrogen-bond acceptors (Lipinski definition) is 2. The monoisotopic (exact) mass is 356 g/mol. The van der Waals surface area contributed by atoms with E-state index < -0.39 is 0 Å². The van der Waals surface area contributed by atoms with Gasteiger partial charge in [-0.15, -0.1) is 0 Å². The van der Waals surface area contributed by atoms with Crippen molar-refractivity contribution in [1.29, 1.82) is 0 Å². The average Bonchev–Trinajstić information content (AvgIpc) is 2.94. The molecule has 3 aliphatic carbocycles. The van der Waals surface area contributed by atoms with E-state index in [2.05, 4.69) is 19.1 Å². The van der Waals surface area contributed by atoms with E-state index >= 15 is 0 Å². The number of carbonyl (C=O) groups is 1. The lowest BCUT2D eigenvalue weighted by Crippen LogP contribution is -2.23. The molecule has 2 nitrogen and oxygen atoms in total. The van der Waals surface area contributed by atoms with Gasteiger partial charge in [-0.3, -0.25) is 4.79 Å². The zero-order valence-electron chi connectivity index (χ0n) is 15.1. The van der Waals surface area contributed by atoms with Crippen molar-refractivity contribution in [2.45, 2.75) is 46.5 Å². The SMILES string of the molecule is C/C=C(Cl)\C=C(/C)C1=CC=C(C)CC(C2=C(O)C3CCC(C3)C2=O)=C1. The third kappa shape index (κ3) is 3.59. The molecule has 0 aromatic heterocycles. The second-order valence-corrected chi connectivity index (χ2v) is 7.75. The summed E-state index contributed by atoms with van der Waals surface area (Å²) in [6.45, 7) is 5.98. The van der Waals surface area contributed by atoms with Gasteiger partial charge in [-0.1, -0.05) is 41.5 Å². The molecule has 3 aliphatic rings. The van der Waals surface area contributed by atoms with Crippen LogP contribution >= 0.6 is 11.6 Å². The van der Waals surface area contributed by atoms with Crippen LogP contribution in [0.2, 0.25) is 0 Å². The standard InChI is InChI=1S/C22H25ClO2/c1-4-19(23)10-14(3)15-6-5-13(2)9-18(11-15)20-21(24)16-7-8-17(12-16)22(20)25/h4-6,10-11,16-17,24H,7-9,12H2,1-3H3/b14-10+,19-4+. The number of allylic oxidation sites excluding steroid dienone is 12. The molecule has 1 N–H and O–H groups in total. The fourth-order valence-corrected chi connectivity index (χ4v) is 4.15. The fraction of sp³-hybridized carbons (Fsp3) is 0.409. The van der Waals surface area contributed by atoms with Crippen molar-refractivity contribution in [3.8, 4) is 0 Å². The van der Waals surface area contributed by atoms with Crippen LogP contribution in [0.5, 0.6) is 0 Å². The lowest BCUT2D eigenvalue weighted by Gasteiger charge is -2.23. The maximum Gasteiger partial charge on any atom is 0.169 e. The highest BCUT2D eigenvalue weighted by Gasteiger charge is 2.41. The van der Waals surface area contributed by atoms with Gasteiger partial charge in [-0.2, -0.15) is 0 Å². The fourth-order valence-electron chi connectivity index (χ4n) is 3.98. The minimum Gasteiger partial charge on any atom is -0.511 e. The third-order valence-electron chi connectivity index (χ3n) is 5.45. The summed E-state index contributed by atoms with van der Waals surface area (Å²) in [7, 11) is 0. The van der Waals surface area contributed by atoms with Gasteiger partial charge in [0.15, 0.2) is 5.78 Å². The summed E-state index contributed by atoms with van der Waals surface area (Å²) in [6, 6.07) is 0. The summed E-state index contributed by atoms with van der Waals surface area (Å²) in [6.07, 6.45) is 13.3. The topological polar surface area (TPSA) is 37.3 Å². The summed E-state index contributed by atoms with van der Waals surface area (Å²) < 4.78 is 0. The molecular formula is C22H25ClO2. The Morgan fingerprint density at radius 3 is 2.72 bits per heavy atom. The van der Waals surface area contributed by atoms with E-state index in [-0.39, 0.29) is 17.6 Å². The molecule has 0 aliphatic heterocycles. The van der Waals surface area contributed by atoms with Gasteiger partial charge in [0.05, 0.1) is 5.57 Å². The van der Waals surface area contributed by atoms with E-state index in [1.807, 2.05) is 32.1 Å². The van der Waals surface area contributed by atoms with Gasteiger partial charge in [0.25, 0.3) is 0 Å². The van der Waals surface area contributed by atoms with Crippen LogP contribution in [0.3, 0.4) is 0 Å². The molecule has 1 fully saturated rings. The molecule has 132 valence electrons. The van der Waals surface area contributed by atoms with Crippen LogP contribution in [0, 0.1) is 11.8 Å². The van der Waals surface area contributed by atoms with Crippen LogP contribution in [0.15, 0.2) is 69.0 Å². The zero-order valence-corrected chi connectivity index (χ0v) is 15.9. The van der Waals surface area contributed by atoms with Crippen LogP contribution in [0.1, 0.15) is 46.5 Å². The number of aliphatic hydroxyl groups is 1. The zero-order chi connectivity index (χ0) is 18.1. The van der Waals surface area contributed by atoms with E-state index in [1.165, 1.54) is 5.57 Å². The molecule has 3 rings (SSSR count). The molecule has 0 aromatic carbocycles. The second kappa shape index (κ2) is 7.21. The van der Waals surface area contributed by atoms with Gasteiger partial charge < -0.3 is 5.11 Å². The first kappa shape index (κ1) is 18.0. The number of rotatable bonds is 3. The maximum absolute atomic E-state index is 12.9. The van der Waals surface area contributed by atoms with Gasteiger partial charge in [-0.05, 0) is 69.2 Å². The van der Waals surface area contributed by atoms with Gasteiger partial charge in [0.1, 0.15) is 5.76 Å². The van der Waals surface area contributed by atoms with Gasteiger partial charge in [0.2, 0.25) is 0 Å². The molecule has 1 saturated carbocycles. The Hall–Kier alpha value is -1.80. The first-order valence-electron chi connectivity index (χ1n) is 8.97. The van der Waals surface area contributed by atoms with Crippen molar-refractivity contribution in [1.82, 2.24) is 0 Å². The number of carbonyl (C=O) groups excluding carboxylic acids is 1. The number of hydrogen-bond donors (Lipinski definition) is 1. The Morgan fingerprint density at radius 1 is 1.28 bits per heavy atom. The molecule has 2 unspecified atom stereocenters. The molecule has 0 amide bonds. The highest BCUT2D eigenvalue weighted by molar-refractivity contribution is 6.31. The third-order valence-corrected chi connectivity index (χ3v) is 5.77. The van der Waals surface area contributed by atoms with Crippen molar-refractivity contribution in [2.75, 3.05) is 0 Å². The van der Waals surface area contributed by atoms with Crippen molar-refractivity contribution < 1.29 is 9.90 Å². The van der Waals surface area contributed by atoms with Gasteiger partial charge in [0, 0.05) is 16.9 Å². The number of halogens is 1. The molecule has 0 aromatic rings. The minimum atomic E-state index is 0.0888. The number of fused-ring (bicyclic) bond motifs is 2. The molecule has 0 radical (unpaired) electrons. The summed E-state index contributed by atoms with van der Waals surface area (Å²) >= 11 is 6.14. The molecule has 0 heterocycles. The molecule has 0 saturated heterocycles. The van der Waals surface area contributed by atoms with E-state index in [1.54, 1.807) is 0 Å². The van der Waals surface area contributed by atoms with Crippen LogP contribution in [-0.4, -0.2) is 10.9 Å². The first-order chi connectivity index (χ1) is 11.9. The van der Waals surface area contributed by atoms with Gasteiger partial charge >= 0.3 is 0 Å². The second-order valence-electron chi connectivity index (χ2n) is 7.31. The first-order valence-corrected chi connectivity index (χ1v) is 9.34. The highest BCUT2D eigenvalue weighted by atomic mass is 35.5. The van der Waals surface area contributed by atoms with Gasteiger partial charge in [-0.25, -0.2) is 0 Å². The predicted octanol–water partition coefficient (Wildman–Crippen LogP) is 6.09. The molecular weight excluding hydrogens is 332 g/mol. The largest absolute Gasteiger partial charge is 0.511 e. The van der Waals surface area contributed by atoms with E-state index in [4.69, 9.17) is 11.6 Å². The number of aliphatic hydroxyl groups excluding tert-OH is 1. The van der Waals surface area contributed by atoms with Crippen molar-refractivity contribution in [2.24, 2.45) is 11.8 Å². The van der Waals surface area contributed by atoms with E-state index in [0.717, 1.165) is 36.0 Å². The quantitative estimate of drug-likeness (QED) is 0.621. The number of Topliss-reactive ketones (excluding diaryl/α,β-unsaturated/α-hetero) is 1. The van der Waals surface area contributed by atoms with Crippen LogP contribution in [0.25, 0.3) is 0 Å². The van der Waals surface area contributed by atoms with Crippen molar-refractivity contribution >= 4 is 17.4 Å².